The average molecular weight is 719 g/mol. The van der Waals surface area contributed by atoms with Gasteiger partial charge in [0.1, 0.15) is 6.04 Å². The molecule has 2 N–H and O–H groups in total. The summed E-state index contributed by atoms with van der Waals surface area (Å²) in [6.07, 6.45) is 7.31. The Balaban J connectivity index is 1.05. The first-order valence-corrected chi connectivity index (χ1v) is 19.3. The number of carbonyl (C=O) groups is 1. The number of carbonyl (C=O) groups excluding carboxylic acids is 1. The van der Waals surface area contributed by atoms with Crippen LogP contribution in [-0.2, 0) is 27.1 Å². The Hall–Kier alpha value is -3.92. The smallest absolute Gasteiger partial charge is 0.404 e. The van der Waals surface area contributed by atoms with Crippen molar-refractivity contribution in [3.63, 3.8) is 0 Å². The molecule has 3 saturated carbocycles. The van der Waals surface area contributed by atoms with Crippen LogP contribution in [0, 0.1) is 17.3 Å². The maximum atomic E-state index is 14.5. The van der Waals surface area contributed by atoms with Crippen LogP contribution in [0.3, 0.4) is 0 Å². The third-order valence-electron chi connectivity index (χ3n) is 12.8. The van der Waals surface area contributed by atoms with Crippen molar-refractivity contribution < 1.29 is 14.1 Å². The van der Waals surface area contributed by atoms with Crippen LogP contribution in [0.5, 0.6) is 0 Å². The van der Waals surface area contributed by atoms with Crippen LogP contribution in [0.4, 0.5) is 5.82 Å². The Labute approximate surface area is 311 Å². The molecule has 0 spiro atoms. The molecule has 1 amide bonds. The van der Waals surface area contributed by atoms with Crippen LogP contribution >= 0.6 is 11.6 Å². The molecule has 1 aromatic heterocycles. The molecule has 2 bridgehead atoms. The minimum atomic E-state index is -0.763. The van der Waals surface area contributed by atoms with E-state index in [-0.39, 0.29) is 39.9 Å². The number of benzene rings is 3. The minimum Gasteiger partial charge on any atom is -0.404 e. The fourth-order valence-corrected chi connectivity index (χ4v) is 10.2. The number of aromatic nitrogens is 2. The second-order valence-corrected chi connectivity index (χ2v) is 16.5. The van der Waals surface area contributed by atoms with E-state index in [1.165, 1.54) is 16.3 Å². The van der Waals surface area contributed by atoms with E-state index < -0.39 is 24.7 Å². The minimum absolute atomic E-state index is 0.0115. The quantitative estimate of drug-likeness (QED) is 0.114. The van der Waals surface area contributed by atoms with Crippen LogP contribution in [0.2, 0.25) is 5.15 Å². The summed E-state index contributed by atoms with van der Waals surface area (Å²) in [5.74, 6) is 0.336. The summed E-state index contributed by atoms with van der Waals surface area (Å²) in [5, 5.41) is 9.18. The molecule has 1 saturated heterocycles. The second kappa shape index (κ2) is 13.8. The van der Waals surface area contributed by atoms with Gasteiger partial charge in [-0.3, -0.25) is 14.2 Å². The first kappa shape index (κ1) is 35.1. The van der Waals surface area contributed by atoms with Gasteiger partial charge in [-0.15, -0.1) is 6.58 Å². The summed E-state index contributed by atoms with van der Waals surface area (Å²) in [7, 11) is -0.606. The van der Waals surface area contributed by atoms with Gasteiger partial charge in [-0.25, -0.2) is 4.98 Å². The van der Waals surface area contributed by atoms with Crippen molar-refractivity contribution in [2.45, 2.75) is 102 Å². The Morgan fingerprint density at radius 2 is 1.85 bits per heavy atom. The van der Waals surface area contributed by atoms with Gasteiger partial charge in [0.2, 0.25) is 5.91 Å². The third-order valence-corrected chi connectivity index (χ3v) is 13.1. The maximum absolute atomic E-state index is 14.5. The number of halogens is 1. The molecule has 7 atom stereocenters. The number of anilines is 1. The lowest BCUT2D eigenvalue weighted by atomic mass is 9.43. The van der Waals surface area contributed by atoms with Crippen molar-refractivity contribution in [1.82, 2.24) is 14.9 Å². The molecule has 3 heterocycles. The number of hydrogen-bond acceptors (Lipinski definition) is 6. The van der Waals surface area contributed by atoms with Gasteiger partial charge < -0.3 is 19.9 Å². The van der Waals surface area contributed by atoms with E-state index >= 15 is 0 Å². The number of fused-ring (bicyclic) bond motifs is 2. The van der Waals surface area contributed by atoms with Gasteiger partial charge in [0.15, 0.2) is 11.0 Å². The van der Waals surface area contributed by atoms with E-state index in [0.29, 0.717) is 36.9 Å². The van der Waals surface area contributed by atoms with E-state index in [9.17, 15) is 9.59 Å². The normalized spacial score (nSPS) is 27.4. The Morgan fingerprint density at radius 3 is 2.63 bits per heavy atom. The van der Waals surface area contributed by atoms with E-state index in [4.69, 9.17) is 20.9 Å². The summed E-state index contributed by atoms with van der Waals surface area (Å²) in [6.45, 7) is 11.2. The number of amides is 1. The standard InChI is InChI=1S/C42H48BClN4O4/c1-5-13-35(43-51-34-24-30-23-33(41(30,2)3)42(34,4)52-43)46-39(49)32-22-29(20-12-19-28-18-11-17-27-16-9-10-21-31(27)28)36-37(44)47-38(40(50)48(32)36)45-25-26-14-7-6-8-15-26/h5-11,14-18,21,29-30,32-35H,1,12-13,19-20,22-25H2,2-4H3,(H,45,47)(H,46,49)/t29-,30?,32+,33?,34?,35+,42-/m1/s1. The molecular weight excluding hydrogens is 671 g/mol. The zero-order valence-electron chi connectivity index (χ0n) is 30.3. The van der Waals surface area contributed by atoms with Crippen LogP contribution < -0.4 is 16.2 Å². The summed E-state index contributed by atoms with van der Waals surface area (Å²) in [4.78, 5) is 33.3. The molecule has 270 valence electrons. The Morgan fingerprint density at radius 1 is 1.08 bits per heavy atom. The van der Waals surface area contributed by atoms with Gasteiger partial charge >= 0.3 is 7.12 Å². The van der Waals surface area contributed by atoms with Crippen molar-refractivity contribution in [3.8, 4) is 0 Å². The molecular formula is C42H48BClN4O4. The van der Waals surface area contributed by atoms with E-state index in [0.717, 1.165) is 37.7 Å². The Bertz CT molecular complexity index is 2050. The highest BCUT2D eigenvalue weighted by Crippen LogP contribution is 2.65. The highest BCUT2D eigenvalue weighted by Gasteiger charge is 2.68. The lowest BCUT2D eigenvalue weighted by Gasteiger charge is -2.64. The highest BCUT2D eigenvalue weighted by atomic mass is 35.5. The van der Waals surface area contributed by atoms with Gasteiger partial charge in [-0.05, 0) is 91.0 Å². The second-order valence-electron chi connectivity index (χ2n) is 16.1. The summed E-state index contributed by atoms with van der Waals surface area (Å²) < 4.78 is 15.0. The maximum Gasteiger partial charge on any atom is 0.482 e. The number of rotatable bonds is 12. The van der Waals surface area contributed by atoms with Crippen molar-refractivity contribution >= 4 is 41.2 Å². The lowest BCUT2D eigenvalue weighted by Crippen LogP contribution is -2.65. The zero-order chi connectivity index (χ0) is 36.2. The van der Waals surface area contributed by atoms with Crippen LogP contribution in [-0.4, -0.2) is 40.2 Å². The zero-order valence-corrected chi connectivity index (χ0v) is 31.1. The lowest BCUT2D eigenvalue weighted by molar-refractivity contribution is -0.199. The van der Waals surface area contributed by atoms with Crippen LogP contribution in [0.1, 0.15) is 88.1 Å². The highest BCUT2D eigenvalue weighted by molar-refractivity contribution is 6.48. The molecule has 3 unspecified atom stereocenters. The van der Waals surface area contributed by atoms with Gasteiger partial charge in [-0.2, -0.15) is 0 Å². The molecule has 4 aromatic rings. The molecule has 5 aliphatic rings. The molecule has 52 heavy (non-hydrogen) atoms. The molecule has 3 aliphatic carbocycles. The third kappa shape index (κ3) is 6.08. The first-order chi connectivity index (χ1) is 25.1. The number of hydrogen-bond donors (Lipinski definition) is 2. The molecule has 2 aliphatic heterocycles. The first-order valence-electron chi connectivity index (χ1n) is 18.9. The SMILES string of the molecule is C=CC[C@H](NC(=O)[C@@H]1C[C@@H](CCCc2cccc3ccccc23)c2c(Cl)nc(NCc3ccccc3)c(=O)n21)B1OC2CC3CC(C3(C)C)[C@@]2(C)O1. The van der Waals surface area contributed by atoms with Crippen LogP contribution in [0.25, 0.3) is 10.8 Å². The average Bonchev–Trinajstić information content (AvgIpc) is 3.71. The monoisotopic (exact) mass is 718 g/mol. The topological polar surface area (TPSA) is 94.5 Å². The van der Waals surface area contributed by atoms with E-state index in [1.807, 2.05) is 30.3 Å². The van der Waals surface area contributed by atoms with Gasteiger partial charge in [0.05, 0.1) is 23.3 Å². The Kier molecular flexibility index (Phi) is 9.33. The van der Waals surface area contributed by atoms with Gasteiger partial charge in [0.25, 0.3) is 5.56 Å². The fraction of sp³-hybridized carbons (Fsp3) is 0.452. The van der Waals surface area contributed by atoms with Crippen molar-refractivity contribution in [2.24, 2.45) is 17.3 Å². The summed E-state index contributed by atoms with van der Waals surface area (Å²) in [5.41, 5.74) is 2.37. The molecule has 0 radical (unpaired) electrons. The predicted molar refractivity (Wildman–Crippen MR) is 207 cm³/mol. The van der Waals surface area contributed by atoms with E-state index in [2.05, 4.69) is 85.4 Å². The summed E-state index contributed by atoms with van der Waals surface area (Å²) >= 11 is 6.96. The number of nitrogens with zero attached hydrogens (tertiary/aromatic N) is 2. The molecule has 8 nitrogen and oxygen atoms in total. The van der Waals surface area contributed by atoms with Crippen molar-refractivity contribution in [1.29, 1.82) is 0 Å². The van der Waals surface area contributed by atoms with Crippen molar-refractivity contribution in [2.75, 3.05) is 5.32 Å². The van der Waals surface area contributed by atoms with Crippen LogP contribution in [0.15, 0.2) is 90.2 Å². The van der Waals surface area contributed by atoms with Crippen molar-refractivity contribution in [3.05, 3.63) is 118 Å². The fourth-order valence-electron chi connectivity index (χ4n) is 9.88. The predicted octanol–water partition coefficient (Wildman–Crippen LogP) is 8.04. The largest absolute Gasteiger partial charge is 0.482 e. The summed E-state index contributed by atoms with van der Waals surface area (Å²) in [6, 6.07) is 23.9. The van der Waals surface area contributed by atoms with Gasteiger partial charge in [-0.1, -0.05) is 104 Å². The number of aryl methyl sites for hydroxylation is 1. The molecule has 9 rings (SSSR count). The van der Waals surface area contributed by atoms with Gasteiger partial charge in [0, 0.05) is 12.5 Å². The molecule has 4 fully saturated rings. The number of nitrogens with one attached hydrogen (secondary N) is 2. The molecule has 10 heteroatoms. The van der Waals surface area contributed by atoms with E-state index in [1.54, 1.807) is 10.6 Å². The molecule has 3 aromatic carbocycles.